The smallest absolute Gasteiger partial charge is 0.318 e. The molecule has 0 radical (unpaired) electrons. The van der Waals surface area contributed by atoms with Crippen LogP contribution in [0.2, 0.25) is 0 Å². The highest BCUT2D eigenvalue weighted by Gasteiger charge is 2.18. The Morgan fingerprint density at radius 1 is 1.15 bits per heavy atom. The van der Waals surface area contributed by atoms with Gasteiger partial charge in [0, 0.05) is 11.5 Å². The lowest BCUT2D eigenvalue weighted by Gasteiger charge is -2.13. The van der Waals surface area contributed by atoms with E-state index in [-0.39, 0.29) is 0 Å². The van der Waals surface area contributed by atoms with E-state index in [2.05, 4.69) is 10.3 Å². The Bertz CT molecular complexity index is 992. The van der Waals surface area contributed by atoms with E-state index >= 15 is 0 Å². The number of carbonyl (C=O) groups is 2. The largest absolute Gasteiger partial charge is 0.497 e. The summed E-state index contributed by atoms with van der Waals surface area (Å²) < 4.78 is 5.31. The minimum atomic E-state index is -0.867. The Labute approximate surface area is 161 Å². The fourth-order valence-corrected chi connectivity index (χ4v) is 3.55. The summed E-state index contributed by atoms with van der Waals surface area (Å²) in [5, 5.41) is 3.22. The second-order valence-corrected chi connectivity index (χ2v) is 7.23. The molecule has 3 rings (SSSR count). The van der Waals surface area contributed by atoms with Gasteiger partial charge in [-0.2, -0.15) is 0 Å². The average Bonchev–Trinajstić information content (AvgIpc) is 2.67. The molecule has 6 nitrogen and oxygen atoms in total. The normalized spacial score (nSPS) is 11.8. The summed E-state index contributed by atoms with van der Waals surface area (Å²) in [6.45, 7) is 1.70. The van der Waals surface area contributed by atoms with E-state index in [4.69, 9.17) is 10.5 Å². The Morgan fingerprint density at radius 2 is 1.89 bits per heavy atom. The number of nitrogens with one attached hydrogen (secondary N) is 1. The van der Waals surface area contributed by atoms with Crippen LogP contribution in [0.1, 0.15) is 6.92 Å². The first-order chi connectivity index (χ1) is 13.0. The van der Waals surface area contributed by atoms with Gasteiger partial charge in [0.05, 0.1) is 22.9 Å². The molecule has 0 saturated carbocycles. The van der Waals surface area contributed by atoms with Gasteiger partial charge < -0.3 is 10.5 Å². The van der Waals surface area contributed by atoms with Crippen molar-refractivity contribution in [1.29, 1.82) is 0 Å². The van der Waals surface area contributed by atoms with E-state index in [1.165, 1.54) is 11.8 Å². The maximum absolute atomic E-state index is 12.0. The maximum Gasteiger partial charge on any atom is 0.318 e. The molecular formula is C20H19N3O3S. The predicted octanol–water partition coefficient (Wildman–Crippen LogP) is 3.59. The first-order valence-electron chi connectivity index (χ1n) is 8.29. The fraction of sp³-hybridized carbons (Fsp3) is 0.150. The molecule has 1 unspecified atom stereocenters. The second-order valence-electron chi connectivity index (χ2n) is 5.87. The number of benzene rings is 2. The molecule has 0 aliphatic heterocycles. The highest BCUT2D eigenvalue weighted by atomic mass is 32.2. The number of pyridine rings is 1. The van der Waals surface area contributed by atoms with Crippen LogP contribution in [0.3, 0.4) is 0 Å². The lowest BCUT2D eigenvalue weighted by molar-refractivity contribution is -0.119. The van der Waals surface area contributed by atoms with E-state index in [0.29, 0.717) is 10.8 Å². The number of rotatable bonds is 5. The number of hydrogen-bond acceptors (Lipinski definition) is 5. The van der Waals surface area contributed by atoms with Crippen molar-refractivity contribution in [2.24, 2.45) is 5.73 Å². The third kappa shape index (κ3) is 4.38. The fourth-order valence-electron chi connectivity index (χ4n) is 2.69. The summed E-state index contributed by atoms with van der Waals surface area (Å²) in [4.78, 5) is 27.6. The number of imide groups is 1. The first-order valence-corrected chi connectivity index (χ1v) is 9.17. The summed E-state index contributed by atoms with van der Waals surface area (Å²) >= 11 is 1.26. The van der Waals surface area contributed by atoms with Gasteiger partial charge in [-0.15, -0.1) is 0 Å². The Hall–Kier alpha value is -3.06. The quantitative estimate of drug-likeness (QED) is 0.659. The zero-order valence-corrected chi connectivity index (χ0v) is 15.7. The van der Waals surface area contributed by atoms with E-state index in [9.17, 15) is 9.59 Å². The number of nitrogens with zero attached hydrogens (tertiary/aromatic N) is 1. The van der Waals surface area contributed by atoms with Crippen LogP contribution in [0.5, 0.6) is 5.75 Å². The predicted molar refractivity (Wildman–Crippen MR) is 107 cm³/mol. The molecule has 1 aromatic heterocycles. The number of urea groups is 1. The van der Waals surface area contributed by atoms with Crippen molar-refractivity contribution >= 4 is 34.6 Å². The third-order valence-electron chi connectivity index (χ3n) is 3.99. The number of fused-ring (bicyclic) bond motifs is 1. The number of aromatic nitrogens is 1. The van der Waals surface area contributed by atoms with Gasteiger partial charge in [0.2, 0.25) is 5.91 Å². The van der Waals surface area contributed by atoms with Crippen LogP contribution in [-0.2, 0) is 4.79 Å². The average molecular weight is 381 g/mol. The second kappa shape index (κ2) is 8.09. The highest BCUT2D eigenvalue weighted by Crippen LogP contribution is 2.34. The van der Waals surface area contributed by atoms with Crippen LogP contribution in [0, 0.1) is 0 Å². The first kappa shape index (κ1) is 18.7. The summed E-state index contributed by atoms with van der Waals surface area (Å²) in [6.07, 6.45) is 0. The summed E-state index contributed by atoms with van der Waals surface area (Å²) in [5.74, 6) is 0.247. The molecule has 0 aliphatic rings. The van der Waals surface area contributed by atoms with Crippen LogP contribution in [-0.4, -0.2) is 29.3 Å². The van der Waals surface area contributed by atoms with Crippen LogP contribution < -0.4 is 15.8 Å². The molecule has 138 valence electrons. The van der Waals surface area contributed by atoms with E-state index < -0.39 is 17.2 Å². The molecule has 0 spiro atoms. The zero-order valence-electron chi connectivity index (χ0n) is 14.9. The van der Waals surface area contributed by atoms with Crippen LogP contribution in [0.4, 0.5) is 4.79 Å². The Morgan fingerprint density at radius 3 is 2.56 bits per heavy atom. The molecule has 0 bridgehead atoms. The molecule has 0 aliphatic carbocycles. The van der Waals surface area contributed by atoms with Crippen molar-refractivity contribution in [3.8, 4) is 16.9 Å². The molecular weight excluding hydrogens is 362 g/mol. The van der Waals surface area contributed by atoms with Gasteiger partial charge in [0.15, 0.2) is 0 Å². The molecule has 1 heterocycles. The van der Waals surface area contributed by atoms with E-state index in [1.807, 2.05) is 54.6 Å². The maximum atomic E-state index is 12.0. The molecule has 0 saturated heterocycles. The highest BCUT2D eigenvalue weighted by molar-refractivity contribution is 8.00. The molecule has 1 atom stereocenters. The molecule has 3 aromatic rings. The molecule has 0 fully saturated rings. The lowest BCUT2D eigenvalue weighted by atomic mass is 10.0. The summed E-state index contributed by atoms with van der Waals surface area (Å²) in [5.41, 5.74) is 7.84. The van der Waals surface area contributed by atoms with Gasteiger partial charge in [0.1, 0.15) is 5.75 Å². The molecule has 7 heteroatoms. The van der Waals surface area contributed by atoms with Gasteiger partial charge in [0.25, 0.3) is 0 Å². The molecule has 3 amide bonds. The number of nitrogens with two attached hydrogens (primary N) is 1. The van der Waals surface area contributed by atoms with Gasteiger partial charge >= 0.3 is 6.03 Å². The molecule has 2 aromatic carbocycles. The number of hydrogen-bond donors (Lipinski definition) is 2. The van der Waals surface area contributed by atoms with Crippen molar-refractivity contribution in [3.63, 3.8) is 0 Å². The van der Waals surface area contributed by atoms with Gasteiger partial charge in [-0.1, -0.05) is 42.1 Å². The molecule has 3 N–H and O–H groups in total. The minimum Gasteiger partial charge on any atom is -0.497 e. The Kier molecular flexibility index (Phi) is 5.61. The van der Waals surface area contributed by atoms with Crippen molar-refractivity contribution < 1.29 is 14.3 Å². The molecule has 27 heavy (non-hydrogen) atoms. The van der Waals surface area contributed by atoms with Gasteiger partial charge in [-0.3, -0.25) is 10.1 Å². The topological polar surface area (TPSA) is 94.3 Å². The van der Waals surface area contributed by atoms with Crippen LogP contribution >= 0.6 is 11.8 Å². The Balaban J connectivity index is 2.05. The minimum absolute atomic E-state index is 0.457. The number of amides is 3. The van der Waals surface area contributed by atoms with Gasteiger partial charge in [-0.25, -0.2) is 9.78 Å². The monoisotopic (exact) mass is 381 g/mol. The van der Waals surface area contributed by atoms with Crippen molar-refractivity contribution in [1.82, 2.24) is 10.3 Å². The van der Waals surface area contributed by atoms with Crippen LogP contribution in [0.15, 0.2) is 59.6 Å². The van der Waals surface area contributed by atoms with Crippen molar-refractivity contribution in [3.05, 3.63) is 54.6 Å². The van der Waals surface area contributed by atoms with Crippen LogP contribution in [0.25, 0.3) is 22.0 Å². The number of primary amides is 1. The standard InChI is InChI=1S/C20H19N3O3S/c1-12(19(24)23-20(21)25)27-18-11-16(13-6-4-3-5-7-13)15-9-8-14(26-2)10-17(15)22-18/h3-12H,1-2H3,(H3,21,23,24,25). The number of thioether (sulfide) groups is 1. The lowest BCUT2D eigenvalue weighted by Crippen LogP contribution is -2.39. The van der Waals surface area contributed by atoms with Crippen molar-refractivity contribution in [2.75, 3.05) is 7.11 Å². The SMILES string of the molecule is COc1ccc2c(-c3ccccc3)cc(SC(C)C(=O)NC(N)=O)nc2c1. The van der Waals surface area contributed by atoms with E-state index in [1.54, 1.807) is 14.0 Å². The zero-order chi connectivity index (χ0) is 19.4. The number of carbonyl (C=O) groups excluding carboxylic acids is 2. The number of methoxy groups -OCH3 is 1. The number of ether oxygens (including phenoxy) is 1. The van der Waals surface area contributed by atoms with Gasteiger partial charge in [-0.05, 0) is 36.2 Å². The summed E-state index contributed by atoms with van der Waals surface area (Å²) in [7, 11) is 1.61. The third-order valence-corrected chi connectivity index (χ3v) is 5.01. The van der Waals surface area contributed by atoms with Crippen molar-refractivity contribution in [2.45, 2.75) is 17.2 Å². The summed E-state index contributed by atoms with van der Waals surface area (Å²) in [6, 6.07) is 16.8. The van der Waals surface area contributed by atoms with E-state index in [0.717, 1.165) is 22.0 Å².